The van der Waals surface area contributed by atoms with Gasteiger partial charge in [0.25, 0.3) is 5.79 Å². The van der Waals surface area contributed by atoms with E-state index in [1.807, 2.05) is 0 Å². The molecule has 54 heavy (non-hydrogen) atoms. The molecule has 1 amide bonds. The number of nitrogens with one attached hydrogen (secondary N) is 1. The zero-order valence-electron chi connectivity index (χ0n) is 28.6. The minimum absolute atomic E-state index is 0.787. The van der Waals surface area contributed by atoms with Gasteiger partial charge in [-0.3, -0.25) is 4.79 Å². The summed E-state index contributed by atoms with van der Waals surface area (Å²) < 4.78 is 39.4. The number of ether oxygens (including phenoxy) is 7. The number of aliphatic hydroxyl groups is 13. The third-order valence-electron chi connectivity index (χ3n) is 9.67. The Morgan fingerprint density at radius 2 is 1.35 bits per heavy atom. The first kappa shape index (κ1) is 44.8. The Morgan fingerprint density at radius 3 is 1.91 bits per heavy atom. The standard InChI is InChI=1S/C29H50N2O23/c1-7(36)31-14-17(41)16(40)10(4-33)49-26(14)52-22-12(6-35)50-27(51-21-11(5-34)48-25(45)19(43)18(21)42)20(44)24(22)54-29(28(46)47)2-8(37)13(30)23(53-29)15(39)9(38)3-32/h8-27,32-35,37-45H,2-6,30H2,1H3,(H,31,36)(H,46,47)/t8-,9+,10+,11+,12+,13+,14+,15+,16-,17+,18+,19+,20+,21+,22-,23+,24+,25+,26-,27-,29-/m0/s1. The third kappa shape index (κ3) is 9.12. The Labute approximate surface area is 305 Å². The van der Waals surface area contributed by atoms with Gasteiger partial charge in [0.05, 0.1) is 38.6 Å². The molecule has 17 N–H and O–H groups in total. The highest BCUT2D eigenvalue weighted by molar-refractivity contribution is 5.76. The first-order chi connectivity index (χ1) is 25.4. The zero-order chi connectivity index (χ0) is 40.4. The number of carboxylic acids is 1. The van der Waals surface area contributed by atoms with E-state index in [1.165, 1.54) is 0 Å². The fourth-order valence-corrected chi connectivity index (χ4v) is 6.67. The van der Waals surface area contributed by atoms with E-state index in [9.17, 15) is 81.1 Å². The van der Waals surface area contributed by atoms with Gasteiger partial charge in [-0.1, -0.05) is 0 Å². The van der Waals surface area contributed by atoms with Gasteiger partial charge in [-0.05, 0) is 0 Å². The van der Waals surface area contributed by atoms with Gasteiger partial charge in [0.2, 0.25) is 5.91 Å². The molecule has 0 saturated carbocycles. The lowest BCUT2D eigenvalue weighted by Gasteiger charge is -2.52. The fourth-order valence-electron chi connectivity index (χ4n) is 6.67. The normalized spacial score (nSPS) is 47.1. The van der Waals surface area contributed by atoms with Gasteiger partial charge < -0.3 is 116 Å². The smallest absolute Gasteiger partial charge is 0.364 e. The van der Waals surface area contributed by atoms with Crippen LogP contribution in [0.5, 0.6) is 0 Å². The molecule has 25 heteroatoms. The molecule has 0 aromatic heterocycles. The zero-order valence-corrected chi connectivity index (χ0v) is 28.6. The van der Waals surface area contributed by atoms with Crippen LogP contribution >= 0.6 is 0 Å². The summed E-state index contributed by atoms with van der Waals surface area (Å²) in [7, 11) is 0. The molecule has 0 aromatic rings. The fraction of sp³-hybridized carbons (Fsp3) is 0.931. The van der Waals surface area contributed by atoms with E-state index in [2.05, 4.69) is 5.32 Å². The summed E-state index contributed by atoms with van der Waals surface area (Å²) in [5.74, 6) is -5.96. The van der Waals surface area contributed by atoms with Gasteiger partial charge in [0.1, 0.15) is 91.5 Å². The maximum absolute atomic E-state index is 13.0. The van der Waals surface area contributed by atoms with Gasteiger partial charge >= 0.3 is 5.97 Å². The molecule has 4 aliphatic rings. The highest BCUT2D eigenvalue weighted by Crippen LogP contribution is 2.39. The van der Waals surface area contributed by atoms with Gasteiger partial charge in [-0.15, -0.1) is 0 Å². The molecule has 0 spiro atoms. The molecule has 4 rings (SSSR count). The number of hydrogen-bond donors (Lipinski definition) is 16. The second-order valence-electron chi connectivity index (χ2n) is 13.4. The molecule has 0 unspecified atom stereocenters. The van der Waals surface area contributed by atoms with Crippen LogP contribution in [0.3, 0.4) is 0 Å². The molecule has 0 aliphatic carbocycles. The molecule has 25 nitrogen and oxygen atoms in total. The largest absolute Gasteiger partial charge is 0.477 e. The highest BCUT2D eigenvalue weighted by atomic mass is 16.8. The van der Waals surface area contributed by atoms with Crippen molar-refractivity contribution in [1.82, 2.24) is 5.32 Å². The highest BCUT2D eigenvalue weighted by Gasteiger charge is 2.61. The quantitative estimate of drug-likeness (QED) is 0.0776. The second kappa shape index (κ2) is 18.6. The van der Waals surface area contributed by atoms with E-state index in [-0.39, 0.29) is 0 Å². The Morgan fingerprint density at radius 1 is 0.778 bits per heavy atom. The minimum atomic E-state index is -3.14. The third-order valence-corrected chi connectivity index (χ3v) is 9.67. The molecule has 0 bridgehead atoms. The number of carbonyl (C=O) groups excluding carboxylic acids is 1. The molecule has 0 aromatic carbocycles. The topological polar surface area (TPSA) is 420 Å². The molecule has 4 aliphatic heterocycles. The second-order valence-corrected chi connectivity index (χ2v) is 13.4. The summed E-state index contributed by atoms with van der Waals surface area (Å²) in [6.07, 6.45) is -36.2. The number of aliphatic hydroxyl groups excluding tert-OH is 13. The minimum Gasteiger partial charge on any atom is -0.477 e. The van der Waals surface area contributed by atoms with Gasteiger partial charge in [0.15, 0.2) is 18.9 Å². The van der Waals surface area contributed by atoms with E-state index in [0.29, 0.717) is 0 Å². The first-order valence-electron chi connectivity index (χ1n) is 16.8. The van der Waals surface area contributed by atoms with Gasteiger partial charge in [0, 0.05) is 13.3 Å². The molecule has 314 valence electrons. The van der Waals surface area contributed by atoms with Crippen molar-refractivity contribution in [2.24, 2.45) is 5.73 Å². The predicted molar refractivity (Wildman–Crippen MR) is 165 cm³/mol. The van der Waals surface area contributed by atoms with Crippen LogP contribution in [0.4, 0.5) is 0 Å². The first-order valence-corrected chi connectivity index (χ1v) is 16.8. The van der Waals surface area contributed by atoms with Crippen LogP contribution in [-0.4, -0.2) is 238 Å². The summed E-state index contributed by atoms with van der Waals surface area (Å²) in [6, 6.07) is -3.26. The Kier molecular flexibility index (Phi) is 15.4. The number of carbonyl (C=O) groups is 2. The number of nitrogens with two attached hydrogens (primary N) is 1. The van der Waals surface area contributed by atoms with Crippen molar-refractivity contribution in [2.45, 2.75) is 142 Å². The SMILES string of the molecule is CC(=O)N[C@H]1[C@H](O[C@@H]2[C@H](O[C@]3(C(=O)O)C[C@H](O)[C@@H](N)[C@H]([C@H](O)[C@H](O)CO)O3)[C@@H](O)[C@H](O[C@H]3[C@H](O)[C@@H](O)[C@H](O)O[C@@H]3CO)O[C@@H]2CO)O[C@H](CO)[C@H](O)[C@@H]1O. The van der Waals surface area contributed by atoms with E-state index in [4.69, 9.17) is 38.9 Å². The van der Waals surface area contributed by atoms with Crippen LogP contribution < -0.4 is 11.1 Å². The van der Waals surface area contributed by atoms with E-state index in [0.717, 1.165) is 6.92 Å². The number of hydrogen-bond acceptors (Lipinski definition) is 23. The van der Waals surface area contributed by atoms with Gasteiger partial charge in [-0.2, -0.15) is 0 Å². The van der Waals surface area contributed by atoms with Crippen molar-refractivity contribution >= 4 is 11.9 Å². The molecule has 0 radical (unpaired) electrons. The van der Waals surface area contributed by atoms with Crippen LogP contribution in [0.15, 0.2) is 0 Å². The predicted octanol–water partition coefficient (Wildman–Crippen LogP) is -10.4. The average molecular weight is 795 g/mol. The van der Waals surface area contributed by atoms with E-state index in [1.54, 1.807) is 0 Å². The average Bonchev–Trinajstić information content (AvgIpc) is 3.13. The maximum Gasteiger partial charge on any atom is 0.364 e. The van der Waals surface area contributed by atoms with Crippen LogP contribution in [-0.2, 0) is 42.7 Å². The van der Waals surface area contributed by atoms with Crippen molar-refractivity contribution in [1.29, 1.82) is 0 Å². The summed E-state index contributed by atoms with van der Waals surface area (Å²) >= 11 is 0. The van der Waals surface area contributed by atoms with Crippen molar-refractivity contribution < 1.29 is 114 Å². The van der Waals surface area contributed by atoms with E-state index >= 15 is 0 Å². The Bertz CT molecular complexity index is 1240. The van der Waals surface area contributed by atoms with Crippen molar-refractivity contribution in [3.8, 4) is 0 Å². The van der Waals surface area contributed by atoms with Gasteiger partial charge in [-0.25, -0.2) is 4.79 Å². The van der Waals surface area contributed by atoms with Crippen molar-refractivity contribution in [3.05, 3.63) is 0 Å². The summed E-state index contributed by atoms with van der Waals surface area (Å²) in [5.41, 5.74) is 5.95. The lowest BCUT2D eigenvalue weighted by molar-refractivity contribution is -0.399. The molecular weight excluding hydrogens is 744 g/mol. The van der Waals surface area contributed by atoms with Crippen molar-refractivity contribution in [3.63, 3.8) is 0 Å². The molecular formula is C29H50N2O23. The Balaban J connectivity index is 1.79. The van der Waals surface area contributed by atoms with Crippen LogP contribution in [0.25, 0.3) is 0 Å². The number of rotatable bonds is 14. The van der Waals surface area contributed by atoms with Crippen LogP contribution in [0.2, 0.25) is 0 Å². The molecule has 4 heterocycles. The molecule has 4 saturated heterocycles. The Hall–Kier alpha value is -1.90. The van der Waals surface area contributed by atoms with Crippen molar-refractivity contribution in [2.75, 3.05) is 26.4 Å². The molecule has 21 atom stereocenters. The van der Waals surface area contributed by atoms with E-state index < -0.39 is 173 Å². The summed E-state index contributed by atoms with van der Waals surface area (Å²) in [4.78, 5) is 25.0. The maximum atomic E-state index is 13.0. The lowest BCUT2D eigenvalue weighted by Crippen LogP contribution is -2.71. The van der Waals surface area contributed by atoms with Crippen LogP contribution in [0, 0.1) is 0 Å². The molecule has 4 fully saturated rings. The lowest BCUT2D eigenvalue weighted by atomic mass is 9.88. The number of carboxylic acid groups (broad SMARTS) is 1. The summed E-state index contributed by atoms with van der Waals surface area (Å²) in [6.45, 7) is -3.00. The van der Waals surface area contributed by atoms with Crippen LogP contribution in [0.1, 0.15) is 13.3 Å². The number of aliphatic carboxylic acids is 1. The monoisotopic (exact) mass is 794 g/mol. The summed E-state index contributed by atoms with van der Waals surface area (Å²) in [5, 5.41) is 148. The number of amides is 1.